The molecule has 1 saturated heterocycles. The van der Waals surface area contributed by atoms with Crippen molar-refractivity contribution >= 4 is 10.0 Å². The summed E-state index contributed by atoms with van der Waals surface area (Å²) in [7, 11) is -3.59. The standard InChI is InChI=1S/C22H25N3O2S/c26-28(27,25-15-9-1-2-10-16-25)21-18-24(17-19-11-5-3-6-12-19)23-22(21)20-13-7-4-8-14-20/h3-8,11-14,18H,1-2,9-10,15-17H2. The Kier molecular flexibility index (Phi) is 5.59. The van der Waals surface area contributed by atoms with Crippen molar-refractivity contribution in [2.24, 2.45) is 0 Å². The molecule has 1 aliphatic heterocycles. The summed E-state index contributed by atoms with van der Waals surface area (Å²) >= 11 is 0. The maximum absolute atomic E-state index is 13.5. The van der Waals surface area contributed by atoms with Crippen LogP contribution in [-0.2, 0) is 16.6 Å². The Morgan fingerprint density at radius 3 is 2.07 bits per heavy atom. The highest BCUT2D eigenvalue weighted by Gasteiger charge is 2.30. The molecule has 5 nitrogen and oxygen atoms in total. The molecule has 0 spiro atoms. The first kappa shape index (κ1) is 18.9. The molecule has 2 aromatic carbocycles. The van der Waals surface area contributed by atoms with E-state index in [0.717, 1.165) is 36.8 Å². The predicted octanol–water partition coefficient (Wildman–Crippen LogP) is 4.16. The van der Waals surface area contributed by atoms with E-state index in [1.165, 1.54) is 0 Å². The van der Waals surface area contributed by atoms with Gasteiger partial charge in [0.05, 0.1) is 6.54 Å². The van der Waals surface area contributed by atoms with Crippen molar-refractivity contribution in [1.82, 2.24) is 14.1 Å². The van der Waals surface area contributed by atoms with Gasteiger partial charge in [-0.2, -0.15) is 9.40 Å². The molecule has 3 aromatic rings. The molecule has 0 radical (unpaired) electrons. The summed E-state index contributed by atoms with van der Waals surface area (Å²) in [6.07, 6.45) is 5.70. The van der Waals surface area contributed by atoms with Gasteiger partial charge < -0.3 is 0 Å². The monoisotopic (exact) mass is 395 g/mol. The second-order valence-corrected chi connectivity index (χ2v) is 9.12. The SMILES string of the molecule is O=S(=O)(c1cn(Cc2ccccc2)nc1-c1ccccc1)N1CCCCCC1. The molecule has 0 atom stereocenters. The van der Waals surface area contributed by atoms with E-state index in [4.69, 9.17) is 0 Å². The van der Waals surface area contributed by atoms with Gasteiger partial charge in [0, 0.05) is 24.8 Å². The first-order chi connectivity index (χ1) is 13.6. The summed E-state index contributed by atoms with van der Waals surface area (Å²) in [6, 6.07) is 19.5. The first-order valence-electron chi connectivity index (χ1n) is 9.81. The van der Waals surface area contributed by atoms with Gasteiger partial charge in [0.15, 0.2) is 0 Å². The minimum Gasteiger partial charge on any atom is -0.266 e. The normalized spacial score (nSPS) is 16.0. The molecule has 1 aliphatic rings. The molecule has 1 aromatic heterocycles. The van der Waals surface area contributed by atoms with Gasteiger partial charge in [0.2, 0.25) is 10.0 Å². The smallest absolute Gasteiger partial charge is 0.246 e. The van der Waals surface area contributed by atoms with Crippen molar-refractivity contribution in [3.8, 4) is 11.3 Å². The molecule has 28 heavy (non-hydrogen) atoms. The van der Waals surface area contributed by atoms with Crippen LogP contribution in [0.5, 0.6) is 0 Å². The van der Waals surface area contributed by atoms with Crippen LogP contribution in [0.25, 0.3) is 11.3 Å². The summed E-state index contributed by atoms with van der Waals surface area (Å²) in [6.45, 7) is 1.71. The number of sulfonamides is 1. The summed E-state index contributed by atoms with van der Waals surface area (Å²) in [4.78, 5) is 0.302. The van der Waals surface area contributed by atoms with Crippen LogP contribution < -0.4 is 0 Å². The molecule has 2 heterocycles. The second-order valence-electron chi connectivity index (χ2n) is 7.21. The quantitative estimate of drug-likeness (QED) is 0.652. The maximum atomic E-state index is 13.5. The zero-order valence-electron chi connectivity index (χ0n) is 15.9. The number of hydrogen-bond acceptors (Lipinski definition) is 3. The summed E-state index contributed by atoms with van der Waals surface area (Å²) in [5, 5.41) is 4.67. The molecule has 4 rings (SSSR count). The molecule has 1 fully saturated rings. The van der Waals surface area contributed by atoms with Gasteiger partial charge in [-0.1, -0.05) is 73.5 Å². The third-order valence-corrected chi connectivity index (χ3v) is 7.05. The number of nitrogens with zero attached hydrogens (tertiary/aromatic N) is 3. The molecule has 0 N–H and O–H groups in total. The Morgan fingerprint density at radius 2 is 1.43 bits per heavy atom. The van der Waals surface area contributed by atoms with Gasteiger partial charge in [0.1, 0.15) is 10.6 Å². The van der Waals surface area contributed by atoms with Gasteiger partial charge in [0.25, 0.3) is 0 Å². The van der Waals surface area contributed by atoms with Crippen molar-refractivity contribution in [2.75, 3.05) is 13.1 Å². The Morgan fingerprint density at radius 1 is 0.821 bits per heavy atom. The van der Waals surface area contributed by atoms with Gasteiger partial charge in [-0.25, -0.2) is 8.42 Å². The molecule has 6 heteroatoms. The first-order valence-corrected chi connectivity index (χ1v) is 11.3. The number of rotatable bonds is 5. The maximum Gasteiger partial charge on any atom is 0.246 e. The van der Waals surface area contributed by atoms with E-state index in [1.54, 1.807) is 15.2 Å². The average Bonchev–Trinajstić information content (AvgIpc) is 2.95. The van der Waals surface area contributed by atoms with Crippen molar-refractivity contribution < 1.29 is 8.42 Å². The lowest BCUT2D eigenvalue weighted by atomic mass is 10.2. The van der Waals surface area contributed by atoms with E-state index < -0.39 is 10.0 Å². The lowest BCUT2D eigenvalue weighted by Gasteiger charge is -2.19. The van der Waals surface area contributed by atoms with E-state index in [-0.39, 0.29) is 0 Å². The lowest BCUT2D eigenvalue weighted by molar-refractivity contribution is 0.424. The van der Waals surface area contributed by atoms with Crippen LogP contribution in [0.2, 0.25) is 0 Å². The highest BCUT2D eigenvalue weighted by atomic mass is 32.2. The molecule has 0 saturated carbocycles. The van der Waals surface area contributed by atoms with E-state index in [0.29, 0.717) is 30.2 Å². The number of hydrogen-bond donors (Lipinski definition) is 0. The third kappa shape index (κ3) is 4.03. The minimum atomic E-state index is -3.59. The van der Waals surface area contributed by atoms with Gasteiger partial charge in [-0.3, -0.25) is 4.68 Å². The second kappa shape index (κ2) is 8.29. The molecule has 0 bridgehead atoms. The van der Waals surface area contributed by atoms with E-state index >= 15 is 0 Å². The van der Waals surface area contributed by atoms with Gasteiger partial charge >= 0.3 is 0 Å². The van der Waals surface area contributed by atoms with E-state index in [9.17, 15) is 8.42 Å². The molecule has 146 valence electrons. The zero-order chi connectivity index (χ0) is 19.4. The van der Waals surface area contributed by atoms with Crippen LogP contribution in [0.3, 0.4) is 0 Å². The van der Waals surface area contributed by atoms with Crippen molar-refractivity contribution in [2.45, 2.75) is 37.1 Å². The Labute approximate surface area is 166 Å². The fourth-order valence-corrected chi connectivity index (χ4v) is 5.34. The van der Waals surface area contributed by atoms with Crippen molar-refractivity contribution in [3.05, 3.63) is 72.4 Å². The Bertz CT molecular complexity index is 1010. The summed E-state index contributed by atoms with van der Waals surface area (Å²) < 4.78 is 30.3. The van der Waals surface area contributed by atoms with E-state index in [1.807, 2.05) is 60.7 Å². The van der Waals surface area contributed by atoms with Crippen LogP contribution in [-0.4, -0.2) is 35.6 Å². The molecule has 0 amide bonds. The number of aromatic nitrogens is 2. The van der Waals surface area contributed by atoms with E-state index in [2.05, 4.69) is 5.10 Å². The molecular weight excluding hydrogens is 370 g/mol. The molecule has 0 unspecified atom stereocenters. The Balaban J connectivity index is 1.76. The number of benzene rings is 2. The lowest BCUT2D eigenvalue weighted by Crippen LogP contribution is -2.32. The van der Waals surface area contributed by atoms with Crippen LogP contribution in [0.4, 0.5) is 0 Å². The van der Waals surface area contributed by atoms with Crippen LogP contribution >= 0.6 is 0 Å². The fraction of sp³-hybridized carbons (Fsp3) is 0.318. The Hall–Kier alpha value is -2.44. The fourth-order valence-electron chi connectivity index (χ4n) is 3.66. The topological polar surface area (TPSA) is 55.2 Å². The van der Waals surface area contributed by atoms with Crippen LogP contribution in [0.15, 0.2) is 71.8 Å². The zero-order valence-corrected chi connectivity index (χ0v) is 16.7. The summed E-state index contributed by atoms with van der Waals surface area (Å²) in [5.41, 5.74) is 2.44. The highest BCUT2D eigenvalue weighted by molar-refractivity contribution is 7.89. The van der Waals surface area contributed by atoms with Gasteiger partial charge in [-0.15, -0.1) is 0 Å². The summed E-state index contributed by atoms with van der Waals surface area (Å²) in [5.74, 6) is 0. The van der Waals surface area contributed by atoms with Crippen LogP contribution in [0, 0.1) is 0 Å². The third-order valence-electron chi connectivity index (χ3n) is 5.15. The van der Waals surface area contributed by atoms with Crippen LogP contribution in [0.1, 0.15) is 31.2 Å². The largest absolute Gasteiger partial charge is 0.266 e. The molecule has 0 aliphatic carbocycles. The average molecular weight is 396 g/mol. The minimum absolute atomic E-state index is 0.302. The van der Waals surface area contributed by atoms with Gasteiger partial charge in [-0.05, 0) is 18.4 Å². The van der Waals surface area contributed by atoms with Crippen molar-refractivity contribution in [1.29, 1.82) is 0 Å². The molecular formula is C22H25N3O2S. The van der Waals surface area contributed by atoms with Crippen molar-refractivity contribution in [3.63, 3.8) is 0 Å². The highest BCUT2D eigenvalue weighted by Crippen LogP contribution is 2.29. The predicted molar refractivity (Wildman–Crippen MR) is 110 cm³/mol.